The van der Waals surface area contributed by atoms with Gasteiger partial charge >= 0.3 is 0 Å². The Hall–Kier alpha value is -1.46. The standard InChI is InChI=1S/C18H28FN3O/c1-2-15(18(21)23)16-12-14(4-5-17(16)19)13-6-10-22(11-7-13)9-3-8-20/h4-5,12-13,15H,2-3,6-11,20H2,1H3,(H2,21,23). The van der Waals surface area contributed by atoms with Crippen molar-refractivity contribution in [2.24, 2.45) is 11.5 Å². The molecule has 0 spiro atoms. The molecule has 0 aromatic heterocycles. The second-order valence-corrected chi connectivity index (χ2v) is 6.40. The van der Waals surface area contributed by atoms with Crippen LogP contribution < -0.4 is 11.5 Å². The van der Waals surface area contributed by atoms with Gasteiger partial charge in [0.05, 0.1) is 5.92 Å². The Morgan fingerprint density at radius 2 is 2.09 bits per heavy atom. The lowest BCUT2D eigenvalue weighted by molar-refractivity contribution is -0.119. The van der Waals surface area contributed by atoms with Crippen molar-refractivity contribution in [2.75, 3.05) is 26.2 Å². The summed E-state index contributed by atoms with van der Waals surface area (Å²) in [5.74, 6) is -0.909. The Bertz CT molecular complexity index is 527. The largest absolute Gasteiger partial charge is 0.369 e. The molecule has 1 amide bonds. The number of primary amides is 1. The second-order valence-electron chi connectivity index (χ2n) is 6.40. The van der Waals surface area contributed by atoms with E-state index >= 15 is 0 Å². The number of carbonyl (C=O) groups excluding carboxylic acids is 1. The fourth-order valence-electron chi connectivity index (χ4n) is 3.46. The minimum absolute atomic E-state index is 0.334. The third kappa shape index (κ3) is 4.52. The Balaban J connectivity index is 2.08. The molecule has 1 unspecified atom stereocenters. The fourth-order valence-corrected chi connectivity index (χ4v) is 3.46. The molecule has 4 nitrogen and oxygen atoms in total. The van der Waals surface area contributed by atoms with Gasteiger partial charge in [-0.1, -0.05) is 19.1 Å². The van der Waals surface area contributed by atoms with Crippen LogP contribution in [0.1, 0.15) is 55.6 Å². The van der Waals surface area contributed by atoms with Gasteiger partial charge in [-0.2, -0.15) is 0 Å². The van der Waals surface area contributed by atoms with Gasteiger partial charge in [0, 0.05) is 5.56 Å². The van der Waals surface area contributed by atoms with Crippen molar-refractivity contribution in [1.29, 1.82) is 0 Å². The van der Waals surface area contributed by atoms with Crippen LogP contribution in [0.2, 0.25) is 0 Å². The van der Waals surface area contributed by atoms with Crippen LogP contribution in [0.25, 0.3) is 0 Å². The van der Waals surface area contributed by atoms with Crippen molar-refractivity contribution < 1.29 is 9.18 Å². The number of benzene rings is 1. The van der Waals surface area contributed by atoms with E-state index in [4.69, 9.17) is 11.5 Å². The zero-order valence-corrected chi connectivity index (χ0v) is 13.9. The number of likely N-dealkylation sites (tertiary alicyclic amines) is 1. The summed E-state index contributed by atoms with van der Waals surface area (Å²) >= 11 is 0. The quantitative estimate of drug-likeness (QED) is 0.809. The lowest BCUT2D eigenvalue weighted by Crippen LogP contribution is -2.34. The molecule has 23 heavy (non-hydrogen) atoms. The average Bonchev–Trinajstić information content (AvgIpc) is 2.55. The molecule has 1 aliphatic rings. The first kappa shape index (κ1) is 17.9. The number of rotatable bonds is 7. The highest BCUT2D eigenvalue weighted by Crippen LogP contribution is 2.32. The fraction of sp³-hybridized carbons (Fsp3) is 0.611. The smallest absolute Gasteiger partial charge is 0.225 e. The Morgan fingerprint density at radius 1 is 1.39 bits per heavy atom. The van der Waals surface area contributed by atoms with E-state index in [1.165, 1.54) is 6.07 Å². The molecule has 0 saturated carbocycles. The number of hydrogen-bond donors (Lipinski definition) is 2. The third-order valence-corrected chi connectivity index (χ3v) is 4.88. The van der Waals surface area contributed by atoms with Crippen LogP contribution in [-0.4, -0.2) is 37.0 Å². The van der Waals surface area contributed by atoms with Crippen molar-refractivity contribution in [3.63, 3.8) is 0 Å². The van der Waals surface area contributed by atoms with Crippen LogP contribution in [0, 0.1) is 5.82 Å². The number of nitrogens with zero attached hydrogens (tertiary/aromatic N) is 1. The summed E-state index contributed by atoms with van der Waals surface area (Å²) in [7, 11) is 0. The van der Waals surface area contributed by atoms with E-state index in [0.717, 1.165) is 51.0 Å². The predicted molar refractivity (Wildman–Crippen MR) is 90.7 cm³/mol. The van der Waals surface area contributed by atoms with E-state index in [-0.39, 0.29) is 5.82 Å². The second kappa shape index (κ2) is 8.41. The number of piperidine rings is 1. The summed E-state index contributed by atoms with van der Waals surface area (Å²) in [5.41, 5.74) is 12.6. The number of carbonyl (C=O) groups is 1. The highest BCUT2D eigenvalue weighted by molar-refractivity contribution is 5.82. The lowest BCUT2D eigenvalue weighted by Gasteiger charge is -2.32. The third-order valence-electron chi connectivity index (χ3n) is 4.88. The number of nitrogens with two attached hydrogens (primary N) is 2. The predicted octanol–water partition coefficient (Wildman–Crippen LogP) is 2.33. The Labute approximate surface area is 138 Å². The van der Waals surface area contributed by atoms with Gasteiger partial charge in [0.1, 0.15) is 5.82 Å². The molecule has 128 valence electrons. The van der Waals surface area contributed by atoms with E-state index < -0.39 is 11.8 Å². The molecule has 1 aromatic carbocycles. The monoisotopic (exact) mass is 321 g/mol. The molecular weight excluding hydrogens is 293 g/mol. The molecular formula is C18H28FN3O. The molecule has 1 saturated heterocycles. The molecule has 1 heterocycles. The maximum atomic E-state index is 14.1. The van der Waals surface area contributed by atoms with Crippen LogP contribution in [0.3, 0.4) is 0 Å². The van der Waals surface area contributed by atoms with Crippen molar-refractivity contribution in [3.05, 3.63) is 35.1 Å². The van der Waals surface area contributed by atoms with Crippen LogP contribution in [0.5, 0.6) is 0 Å². The summed E-state index contributed by atoms with van der Waals surface area (Å²) in [6.45, 7) is 5.73. The molecule has 1 fully saturated rings. The Morgan fingerprint density at radius 3 is 2.65 bits per heavy atom. The van der Waals surface area contributed by atoms with E-state index in [1.54, 1.807) is 0 Å². The topological polar surface area (TPSA) is 72.4 Å². The molecule has 5 heteroatoms. The normalized spacial score (nSPS) is 18.0. The van der Waals surface area contributed by atoms with Gasteiger partial charge in [-0.15, -0.1) is 0 Å². The van der Waals surface area contributed by atoms with Crippen LogP contribution >= 0.6 is 0 Å². The van der Waals surface area contributed by atoms with E-state index in [2.05, 4.69) is 4.90 Å². The molecule has 2 rings (SSSR count). The minimum Gasteiger partial charge on any atom is -0.369 e. The van der Waals surface area contributed by atoms with Gasteiger partial charge in [0.2, 0.25) is 5.91 Å². The van der Waals surface area contributed by atoms with E-state index in [0.29, 0.717) is 17.9 Å². The van der Waals surface area contributed by atoms with Gasteiger partial charge in [0.15, 0.2) is 0 Å². The van der Waals surface area contributed by atoms with Crippen LogP contribution in [0.15, 0.2) is 18.2 Å². The van der Waals surface area contributed by atoms with Gasteiger partial charge in [-0.25, -0.2) is 4.39 Å². The Kier molecular flexibility index (Phi) is 6.54. The molecule has 1 atom stereocenters. The maximum absolute atomic E-state index is 14.1. The van der Waals surface area contributed by atoms with Gasteiger partial charge < -0.3 is 16.4 Å². The molecule has 0 bridgehead atoms. The first-order chi connectivity index (χ1) is 11.1. The first-order valence-electron chi connectivity index (χ1n) is 8.57. The van der Waals surface area contributed by atoms with Gasteiger partial charge in [-0.05, 0) is 69.4 Å². The van der Waals surface area contributed by atoms with Crippen LogP contribution in [0.4, 0.5) is 4.39 Å². The highest BCUT2D eigenvalue weighted by Gasteiger charge is 2.24. The van der Waals surface area contributed by atoms with Crippen LogP contribution in [-0.2, 0) is 4.79 Å². The molecule has 0 aliphatic carbocycles. The molecule has 4 N–H and O–H groups in total. The molecule has 0 radical (unpaired) electrons. The number of halogens is 1. The average molecular weight is 321 g/mol. The summed E-state index contributed by atoms with van der Waals surface area (Å²) in [6, 6.07) is 5.19. The zero-order valence-electron chi connectivity index (χ0n) is 13.9. The summed E-state index contributed by atoms with van der Waals surface area (Å²) in [5, 5.41) is 0. The van der Waals surface area contributed by atoms with E-state index in [9.17, 15) is 9.18 Å². The maximum Gasteiger partial charge on any atom is 0.225 e. The van der Waals surface area contributed by atoms with Crippen molar-refractivity contribution >= 4 is 5.91 Å². The van der Waals surface area contributed by atoms with Crippen molar-refractivity contribution in [2.45, 2.75) is 44.4 Å². The summed E-state index contributed by atoms with van der Waals surface area (Å²) in [6.07, 6.45) is 3.67. The molecule has 1 aliphatic heterocycles. The number of hydrogen-bond acceptors (Lipinski definition) is 3. The van der Waals surface area contributed by atoms with Gasteiger partial charge in [-0.3, -0.25) is 4.79 Å². The van der Waals surface area contributed by atoms with Crippen molar-refractivity contribution in [1.82, 2.24) is 4.90 Å². The summed E-state index contributed by atoms with van der Waals surface area (Å²) < 4.78 is 14.1. The zero-order chi connectivity index (χ0) is 16.8. The highest BCUT2D eigenvalue weighted by atomic mass is 19.1. The first-order valence-corrected chi connectivity index (χ1v) is 8.57. The van der Waals surface area contributed by atoms with Gasteiger partial charge in [0.25, 0.3) is 0 Å². The van der Waals surface area contributed by atoms with Crippen molar-refractivity contribution in [3.8, 4) is 0 Å². The lowest BCUT2D eigenvalue weighted by atomic mass is 9.86. The number of amides is 1. The summed E-state index contributed by atoms with van der Waals surface area (Å²) in [4.78, 5) is 14.0. The molecule has 1 aromatic rings. The van der Waals surface area contributed by atoms with E-state index in [1.807, 2.05) is 19.1 Å². The SMILES string of the molecule is CCC(C(N)=O)c1cc(C2CCN(CCCN)CC2)ccc1F. The minimum atomic E-state index is -0.542.